The van der Waals surface area contributed by atoms with Crippen molar-refractivity contribution in [3.8, 4) is 0 Å². The fourth-order valence-electron chi connectivity index (χ4n) is 2.02. The standard InChI is InChI=1S/C10H12N2O3S/c1-10(2)8-6(9(13)12-10)4-3-5-7(8)16(11,14)15/h3-5H,1-2H3,(H,12,13)(H2,11,14,15). The Morgan fingerprint density at radius 3 is 2.50 bits per heavy atom. The van der Waals surface area contributed by atoms with Crippen molar-refractivity contribution >= 4 is 15.9 Å². The lowest BCUT2D eigenvalue weighted by Gasteiger charge is -2.21. The molecule has 0 bridgehead atoms. The van der Waals surface area contributed by atoms with Crippen molar-refractivity contribution < 1.29 is 13.2 Å². The largest absolute Gasteiger partial charge is 0.343 e. The van der Waals surface area contributed by atoms with E-state index >= 15 is 0 Å². The molecule has 0 aromatic heterocycles. The molecule has 16 heavy (non-hydrogen) atoms. The van der Waals surface area contributed by atoms with E-state index in [1.165, 1.54) is 12.1 Å². The van der Waals surface area contributed by atoms with Gasteiger partial charge in [0.15, 0.2) is 0 Å². The van der Waals surface area contributed by atoms with Gasteiger partial charge in [-0.25, -0.2) is 13.6 Å². The number of benzene rings is 1. The van der Waals surface area contributed by atoms with Gasteiger partial charge in [-0.05, 0) is 26.0 Å². The first-order valence-electron chi connectivity index (χ1n) is 4.72. The van der Waals surface area contributed by atoms with Crippen LogP contribution in [-0.4, -0.2) is 14.3 Å². The Morgan fingerprint density at radius 1 is 1.31 bits per heavy atom. The average molecular weight is 240 g/mol. The smallest absolute Gasteiger partial charge is 0.252 e. The molecule has 3 N–H and O–H groups in total. The van der Waals surface area contributed by atoms with Crippen LogP contribution >= 0.6 is 0 Å². The summed E-state index contributed by atoms with van der Waals surface area (Å²) in [5.74, 6) is -0.273. The van der Waals surface area contributed by atoms with E-state index in [0.29, 0.717) is 11.1 Å². The van der Waals surface area contributed by atoms with Crippen LogP contribution < -0.4 is 10.5 Å². The van der Waals surface area contributed by atoms with Crippen molar-refractivity contribution in [3.63, 3.8) is 0 Å². The number of hydrogen-bond acceptors (Lipinski definition) is 3. The summed E-state index contributed by atoms with van der Waals surface area (Å²) in [6.07, 6.45) is 0. The van der Waals surface area contributed by atoms with Crippen molar-refractivity contribution in [1.29, 1.82) is 0 Å². The van der Waals surface area contributed by atoms with Gasteiger partial charge in [0.25, 0.3) is 5.91 Å². The molecule has 0 radical (unpaired) electrons. The topological polar surface area (TPSA) is 89.3 Å². The second-order valence-electron chi connectivity index (χ2n) is 4.30. The molecule has 86 valence electrons. The Kier molecular flexibility index (Phi) is 2.12. The summed E-state index contributed by atoms with van der Waals surface area (Å²) < 4.78 is 22.9. The van der Waals surface area contributed by atoms with Crippen LogP contribution in [0.3, 0.4) is 0 Å². The molecule has 1 heterocycles. The summed E-state index contributed by atoms with van der Waals surface area (Å²) in [5.41, 5.74) is 0.106. The maximum atomic E-state index is 11.6. The molecule has 1 aromatic carbocycles. The molecule has 1 aliphatic rings. The van der Waals surface area contributed by atoms with Crippen molar-refractivity contribution in [3.05, 3.63) is 29.3 Å². The highest BCUT2D eigenvalue weighted by Crippen LogP contribution is 2.34. The van der Waals surface area contributed by atoms with E-state index in [0.717, 1.165) is 0 Å². The Bertz CT molecular complexity index is 576. The Hall–Kier alpha value is -1.40. The van der Waals surface area contributed by atoms with Gasteiger partial charge in [-0.2, -0.15) is 0 Å². The summed E-state index contributed by atoms with van der Waals surface area (Å²) in [4.78, 5) is 11.6. The number of amides is 1. The summed E-state index contributed by atoms with van der Waals surface area (Å²) in [6.45, 7) is 3.48. The Balaban J connectivity index is 2.84. The van der Waals surface area contributed by atoms with E-state index in [1.54, 1.807) is 19.9 Å². The lowest BCUT2D eigenvalue weighted by Crippen LogP contribution is -2.34. The second-order valence-corrected chi connectivity index (χ2v) is 5.83. The van der Waals surface area contributed by atoms with Crippen LogP contribution in [0.2, 0.25) is 0 Å². The van der Waals surface area contributed by atoms with Crippen molar-refractivity contribution in [2.24, 2.45) is 5.14 Å². The number of nitrogens with two attached hydrogens (primary N) is 1. The van der Waals surface area contributed by atoms with E-state index in [2.05, 4.69) is 5.32 Å². The lowest BCUT2D eigenvalue weighted by atomic mass is 9.95. The molecule has 1 aromatic rings. The summed E-state index contributed by atoms with van der Waals surface area (Å²) in [6, 6.07) is 4.52. The molecule has 1 amide bonds. The quantitative estimate of drug-likeness (QED) is 0.740. The van der Waals surface area contributed by atoms with Gasteiger partial charge in [-0.15, -0.1) is 0 Å². The zero-order valence-corrected chi connectivity index (χ0v) is 9.76. The number of carbonyl (C=O) groups excluding carboxylic acids is 1. The summed E-state index contributed by atoms with van der Waals surface area (Å²) in [5, 5.41) is 7.84. The van der Waals surface area contributed by atoms with Gasteiger partial charge in [-0.3, -0.25) is 4.79 Å². The lowest BCUT2D eigenvalue weighted by molar-refractivity contribution is 0.0940. The van der Waals surface area contributed by atoms with Crippen LogP contribution in [0.25, 0.3) is 0 Å². The van der Waals surface area contributed by atoms with Crippen LogP contribution in [0.15, 0.2) is 23.1 Å². The maximum Gasteiger partial charge on any atom is 0.252 e. The van der Waals surface area contributed by atoms with Crippen LogP contribution in [0.1, 0.15) is 29.8 Å². The van der Waals surface area contributed by atoms with Gasteiger partial charge < -0.3 is 5.32 Å². The fraction of sp³-hybridized carbons (Fsp3) is 0.300. The molecule has 6 heteroatoms. The molecule has 5 nitrogen and oxygen atoms in total. The monoisotopic (exact) mass is 240 g/mol. The number of primary sulfonamides is 1. The molecule has 0 fully saturated rings. The Labute approximate surface area is 93.7 Å². The predicted octanol–water partition coefficient (Wildman–Crippen LogP) is 0.313. The third-order valence-corrected chi connectivity index (χ3v) is 3.58. The number of hydrogen-bond donors (Lipinski definition) is 2. The molecule has 0 aliphatic carbocycles. The predicted molar refractivity (Wildman–Crippen MR) is 58.3 cm³/mol. The molecule has 0 unspecified atom stereocenters. The molecule has 0 saturated carbocycles. The highest BCUT2D eigenvalue weighted by atomic mass is 32.2. The van der Waals surface area contributed by atoms with Crippen LogP contribution in [-0.2, 0) is 15.6 Å². The highest BCUT2D eigenvalue weighted by molar-refractivity contribution is 7.89. The van der Waals surface area contributed by atoms with Gasteiger partial charge >= 0.3 is 0 Å². The molecule has 0 atom stereocenters. The molecular weight excluding hydrogens is 228 g/mol. The average Bonchev–Trinajstić information content (AvgIpc) is 2.36. The minimum Gasteiger partial charge on any atom is -0.343 e. The first kappa shape index (κ1) is 11.1. The highest BCUT2D eigenvalue weighted by Gasteiger charge is 2.39. The van der Waals surface area contributed by atoms with Crippen molar-refractivity contribution in [2.75, 3.05) is 0 Å². The third-order valence-electron chi connectivity index (χ3n) is 2.63. The van der Waals surface area contributed by atoms with Crippen LogP contribution in [0.4, 0.5) is 0 Å². The zero-order valence-electron chi connectivity index (χ0n) is 8.94. The molecule has 1 aliphatic heterocycles. The number of carbonyl (C=O) groups is 1. The summed E-state index contributed by atoms with van der Waals surface area (Å²) in [7, 11) is -3.81. The van der Waals surface area contributed by atoms with Crippen molar-refractivity contribution in [1.82, 2.24) is 5.32 Å². The van der Waals surface area contributed by atoms with Gasteiger partial charge in [0.05, 0.1) is 10.4 Å². The van der Waals surface area contributed by atoms with Gasteiger partial charge in [0, 0.05) is 11.1 Å². The van der Waals surface area contributed by atoms with Gasteiger partial charge in [0.2, 0.25) is 10.0 Å². The van der Waals surface area contributed by atoms with E-state index in [9.17, 15) is 13.2 Å². The maximum absolute atomic E-state index is 11.6. The fourth-order valence-corrected chi connectivity index (χ4v) is 2.93. The number of fused-ring (bicyclic) bond motifs is 1. The van der Waals surface area contributed by atoms with Gasteiger partial charge in [0.1, 0.15) is 0 Å². The molecule has 2 rings (SSSR count). The zero-order chi connectivity index (χ0) is 12.1. The molecule has 0 spiro atoms. The van der Waals surface area contributed by atoms with E-state index in [1.807, 2.05) is 0 Å². The number of sulfonamides is 1. The van der Waals surface area contributed by atoms with E-state index < -0.39 is 15.6 Å². The van der Waals surface area contributed by atoms with Crippen LogP contribution in [0.5, 0.6) is 0 Å². The Morgan fingerprint density at radius 2 is 1.94 bits per heavy atom. The first-order valence-corrected chi connectivity index (χ1v) is 6.27. The molecular formula is C10H12N2O3S. The number of nitrogens with one attached hydrogen (secondary N) is 1. The third kappa shape index (κ3) is 1.50. The minimum atomic E-state index is -3.81. The van der Waals surface area contributed by atoms with Gasteiger partial charge in [-0.1, -0.05) is 6.07 Å². The number of rotatable bonds is 1. The first-order chi connectivity index (χ1) is 7.23. The second kappa shape index (κ2) is 3.05. The van der Waals surface area contributed by atoms with E-state index in [-0.39, 0.29) is 10.8 Å². The molecule has 0 saturated heterocycles. The normalized spacial score (nSPS) is 18.1. The van der Waals surface area contributed by atoms with Crippen molar-refractivity contribution in [2.45, 2.75) is 24.3 Å². The minimum absolute atomic E-state index is 0.00773. The van der Waals surface area contributed by atoms with E-state index in [4.69, 9.17) is 5.14 Å². The SMILES string of the molecule is CC1(C)NC(=O)c2cccc(S(N)(=O)=O)c21. The summed E-state index contributed by atoms with van der Waals surface area (Å²) >= 11 is 0. The van der Waals surface area contributed by atoms with Crippen LogP contribution in [0, 0.1) is 0 Å².